The summed E-state index contributed by atoms with van der Waals surface area (Å²) in [5.74, 6) is 0.0728. The number of aromatic nitrogens is 3. The average molecular weight is 420 g/mol. The molecule has 0 saturated carbocycles. The highest BCUT2D eigenvalue weighted by Crippen LogP contribution is 2.27. The van der Waals surface area contributed by atoms with Gasteiger partial charge in [0.2, 0.25) is 5.91 Å². The molecule has 1 aromatic carbocycles. The standard InChI is InChI=1S/C23H25FN6O/c24-19-3-1-2-4-21(19)29-11-13-30(14-12-29)23(31)17-5-9-28(10-6-17)18-15-20-22(27-16-18)26-8-7-25-20/h1-4,7-8,15-17H,5-6,9-14H2. The number of pyridine rings is 1. The van der Waals surface area contributed by atoms with Gasteiger partial charge < -0.3 is 14.7 Å². The number of amides is 1. The van der Waals surface area contributed by atoms with Gasteiger partial charge >= 0.3 is 0 Å². The van der Waals surface area contributed by atoms with Crippen LogP contribution in [0.25, 0.3) is 11.2 Å². The highest BCUT2D eigenvalue weighted by molar-refractivity contribution is 5.80. The molecule has 3 aromatic rings. The lowest BCUT2D eigenvalue weighted by Gasteiger charge is -2.39. The normalized spacial score (nSPS) is 17.9. The van der Waals surface area contributed by atoms with Gasteiger partial charge in [-0.05, 0) is 31.0 Å². The first-order valence-corrected chi connectivity index (χ1v) is 10.8. The summed E-state index contributed by atoms with van der Waals surface area (Å²) in [5.41, 5.74) is 3.07. The monoisotopic (exact) mass is 420 g/mol. The Hall–Kier alpha value is -3.29. The molecule has 0 bridgehead atoms. The van der Waals surface area contributed by atoms with Crippen molar-refractivity contribution in [3.63, 3.8) is 0 Å². The second-order valence-corrected chi connectivity index (χ2v) is 8.12. The number of carbonyl (C=O) groups is 1. The summed E-state index contributed by atoms with van der Waals surface area (Å²) < 4.78 is 14.0. The van der Waals surface area contributed by atoms with Crippen LogP contribution in [-0.4, -0.2) is 65.0 Å². The minimum atomic E-state index is -0.205. The zero-order valence-electron chi connectivity index (χ0n) is 17.3. The van der Waals surface area contributed by atoms with Gasteiger partial charge in [0.1, 0.15) is 11.3 Å². The lowest BCUT2D eigenvalue weighted by molar-refractivity contribution is -0.136. The Labute approximate surface area is 180 Å². The number of halogens is 1. The van der Waals surface area contributed by atoms with E-state index in [0.717, 1.165) is 37.1 Å². The van der Waals surface area contributed by atoms with Gasteiger partial charge in [0.15, 0.2) is 5.65 Å². The number of hydrogen-bond donors (Lipinski definition) is 0. The van der Waals surface area contributed by atoms with Crippen molar-refractivity contribution < 1.29 is 9.18 Å². The smallest absolute Gasteiger partial charge is 0.225 e. The Morgan fingerprint density at radius 2 is 1.65 bits per heavy atom. The van der Waals surface area contributed by atoms with Crippen LogP contribution in [0.5, 0.6) is 0 Å². The molecule has 2 aromatic heterocycles. The van der Waals surface area contributed by atoms with E-state index in [1.807, 2.05) is 28.1 Å². The largest absolute Gasteiger partial charge is 0.370 e. The van der Waals surface area contributed by atoms with Crippen molar-refractivity contribution in [2.45, 2.75) is 12.8 Å². The Balaban J connectivity index is 1.16. The number of benzene rings is 1. The van der Waals surface area contributed by atoms with Crippen LogP contribution in [0, 0.1) is 11.7 Å². The van der Waals surface area contributed by atoms with Gasteiger partial charge in [0, 0.05) is 57.6 Å². The molecule has 0 radical (unpaired) electrons. The van der Waals surface area contributed by atoms with Gasteiger partial charge in [-0.1, -0.05) is 12.1 Å². The van der Waals surface area contributed by atoms with Crippen LogP contribution < -0.4 is 9.80 Å². The van der Waals surface area contributed by atoms with Crippen molar-refractivity contribution >= 4 is 28.4 Å². The molecule has 5 rings (SSSR count). The Kier molecular flexibility index (Phi) is 5.36. The lowest BCUT2D eigenvalue weighted by atomic mass is 9.94. The van der Waals surface area contributed by atoms with Crippen molar-refractivity contribution in [3.05, 3.63) is 54.7 Å². The zero-order valence-corrected chi connectivity index (χ0v) is 17.3. The third-order valence-corrected chi connectivity index (χ3v) is 6.30. The Morgan fingerprint density at radius 3 is 2.42 bits per heavy atom. The molecule has 2 fully saturated rings. The van der Waals surface area contributed by atoms with Crippen LogP contribution in [-0.2, 0) is 4.79 Å². The number of anilines is 2. The number of carbonyl (C=O) groups excluding carboxylic acids is 1. The van der Waals surface area contributed by atoms with Gasteiger partial charge in [-0.3, -0.25) is 9.78 Å². The summed E-state index contributed by atoms with van der Waals surface area (Å²) in [6.45, 7) is 4.24. The van der Waals surface area contributed by atoms with E-state index in [-0.39, 0.29) is 17.6 Å². The molecular formula is C23H25FN6O. The second-order valence-electron chi connectivity index (χ2n) is 8.12. The minimum absolute atomic E-state index is 0.0458. The number of fused-ring (bicyclic) bond motifs is 1. The first-order chi connectivity index (χ1) is 15.2. The van der Waals surface area contributed by atoms with Crippen LogP contribution in [0.4, 0.5) is 15.8 Å². The average Bonchev–Trinajstić information content (AvgIpc) is 2.84. The summed E-state index contributed by atoms with van der Waals surface area (Å²) in [6.07, 6.45) is 6.80. The van der Waals surface area contributed by atoms with Gasteiger partial charge in [0.25, 0.3) is 0 Å². The number of para-hydroxylation sites is 1. The second kappa shape index (κ2) is 8.45. The van der Waals surface area contributed by atoms with Crippen LogP contribution in [0.2, 0.25) is 0 Å². The SMILES string of the molecule is O=C(C1CCN(c2cnc3nccnc3c2)CC1)N1CCN(c2ccccc2F)CC1. The highest BCUT2D eigenvalue weighted by Gasteiger charge is 2.31. The van der Waals surface area contributed by atoms with Gasteiger partial charge in [-0.2, -0.15) is 0 Å². The number of piperazine rings is 1. The van der Waals surface area contributed by atoms with Crippen LogP contribution in [0.1, 0.15) is 12.8 Å². The van der Waals surface area contributed by atoms with E-state index in [4.69, 9.17) is 0 Å². The number of hydrogen-bond acceptors (Lipinski definition) is 6. The maximum Gasteiger partial charge on any atom is 0.225 e. The van der Waals surface area contributed by atoms with Crippen molar-refractivity contribution in [2.75, 3.05) is 49.1 Å². The maximum atomic E-state index is 14.0. The molecule has 7 nitrogen and oxygen atoms in total. The molecule has 0 spiro atoms. The lowest BCUT2D eigenvalue weighted by Crippen LogP contribution is -2.52. The quantitative estimate of drug-likeness (QED) is 0.649. The fourth-order valence-corrected chi connectivity index (χ4v) is 4.54. The Morgan fingerprint density at radius 1 is 0.903 bits per heavy atom. The van der Waals surface area contributed by atoms with Crippen molar-refractivity contribution in [1.29, 1.82) is 0 Å². The summed E-state index contributed by atoms with van der Waals surface area (Å²) in [6, 6.07) is 8.85. The molecule has 2 aliphatic rings. The molecule has 8 heteroatoms. The third-order valence-electron chi connectivity index (χ3n) is 6.30. The van der Waals surface area contributed by atoms with Crippen molar-refractivity contribution in [3.8, 4) is 0 Å². The van der Waals surface area contributed by atoms with E-state index in [1.165, 1.54) is 6.07 Å². The predicted molar refractivity (Wildman–Crippen MR) is 117 cm³/mol. The molecule has 31 heavy (non-hydrogen) atoms. The number of nitrogens with zero attached hydrogens (tertiary/aromatic N) is 6. The number of piperidine rings is 1. The van der Waals surface area contributed by atoms with Gasteiger partial charge in [0.05, 0.1) is 17.6 Å². The third kappa shape index (κ3) is 4.02. The van der Waals surface area contributed by atoms with E-state index in [2.05, 4.69) is 19.9 Å². The first-order valence-electron chi connectivity index (χ1n) is 10.8. The fourth-order valence-electron chi connectivity index (χ4n) is 4.54. The zero-order chi connectivity index (χ0) is 21.2. The molecule has 1 amide bonds. The van der Waals surface area contributed by atoms with E-state index >= 15 is 0 Å². The Bertz CT molecular complexity index is 1080. The predicted octanol–water partition coefficient (Wildman–Crippen LogP) is 2.73. The molecule has 2 aliphatic heterocycles. The maximum absolute atomic E-state index is 14.0. The molecule has 2 saturated heterocycles. The van der Waals surface area contributed by atoms with Gasteiger partial charge in [-0.25, -0.2) is 14.4 Å². The topological polar surface area (TPSA) is 65.5 Å². The van der Waals surface area contributed by atoms with Crippen LogP contribution in [0.15, 0.2) is 48.9 Å². The molecule has 160 valence electrons. The molecular weight excluding hydrogens is 395 g/mol. The molecule has 0 atom stereocenters. The minimum Gasteiger partial charge on any atom is -0.370 e. The summed E-state index contributed by atoms with van der Waals surface area (Å²) >= 11 is 0. The fraction of sp³-hybridized carbons (Fsp3) is 0.391. The highest BCUT2D eigenvalue weighted by atomic mass is 19.1. The van der Waals surface area contributed by atoms with Crippen LogP contribution in [0.3, 0.4) is 0 Å². The molecule has 0 aliphatic carbocycles. The van der Waals surface area contributed by atoms with Crippen molar-refractivity contribution in [2.24, 2.45) is 5.92 Å². The van der Waals surface area contributed by atoms with E-state index in [1.54, 1.807) is 24.5 Å². The van der Waals surface area contributed by atoms with Crippen molar-refractivity contribution in [1.82, 2.24) is 19.9 Å². The molecule has 0 N–H and O–H groups in total. The summed E-state index contributed by atoms with van der Waals surface area (Å²) in [7, 11) is 0. The van der Waals surface area contributed by atoms with E-state index in [9.17, 15) is 9.18 Å². The van der Waals surface area contributed by atoms with Gasteiger partial charge in [-0.15, -0.1) is 0 Å². The van der Waals surface area contributed by atoms with E-state index in [0.29, 0.717) is 37.5 Å². The molecule has 0 unspecified atom stereocenters. The van der Waals surface area contributed by atoms with Crippen LogP contribution >= 0.6 is 0 Å². The molecule has 4 heterocycles. The summed E-state index contributed by atoms with van der Waals surface area (Å²) in [5, 5.41) is 0. The number of rotatable bonds is 3. The van der Waals surface area contributed by atoms with E-state index < -0.39 is 0 Å². The first kappa shape index (κ1) is 19.7. The summed E-state index contributed by atoms with van der Waals surface area (Å²) in [4.78, 5) is 32.3.